The topological polar surface area (TPSA) is 117 Å². The van der Waals surface area contributed by atoms with Crippen molar-refractivity contribution in [2.75, 3.05) is 7.11 Å². The van der Waals surface area contributed by atoms with Gasteiger partial charge in [-0.15, -0.1) is 0 Å². The van der Waals surface area contributed by atoms with Crippen molar-refractivity contribution in [1.29, 1.82) is 0 Å². The second kappa shape index (κ2) is 5.00. The summed E-state index contributed by atoms with van der Waals surface area (Å²) in [6.45, 7) is 0. The van der Waals surface area contributed by atoms with Crippen LogP contribution in [-0.2, 0) is 16.0 Å². The predicted molar refractivity (Wildman–Crippen MR) is 69.3 cm³/mol. The van der Waals surface area contributed by atoms with Crippen LogP contribution in [0.15, 0.2) is 24.4 Å². The molecule has 0 radical (unpaired) electrons. The number of nitro benzene ring substituents is 1. The number of esters is 1. The van der Waals surface area contributed by atoms with Gasteiger partial charge in [-0.1, -0.05) is 0 Å². The fourth-order valence-corrected chi connectivity index (χ4v) is 1.98. The molecule has 0 spiro atoms. The molecule has 1 heterocycles. The van der Waals surface area contributed by atoms with E-state index < -0.39 is 16.9 Å². The van der Waals surface area contributed by atoms with Gasteiger partial charge in [-0.25, -0.2) is 4.79 Å². The van der Waals surface area contributed by atoms with Crippen molar-refractivity contribution in [3.63, 3.8) is 0 Å². The third-order valence-electron chi connectivity index (χ3n) is 2.83. The molecule has 1 aromatic heterocycles. The molecular formula is C12H11N3O5. The van der Waals surface area contributed by atoms with Gasteiger partial charge in [0.2, 0.25) is 0 Å². The number of hydrogen-bond donors (Lipinski definition) is 1. The molecule has 1 amide bonds. The van der Waals surface area contributed by atoms with E-state index in [0.717, 1.165) is 4.57 Å². The number of fused-ring (bicyclic) bond motifs is 1. The number of rotatable bonds is 3. The number of nitrogens with zero attached hydrogens (tertiary/aromatic N) is 2. The first-order valence-corrected chi connectivity index (χ1v) is 5.59. The van der Waals surface area contributed by atoms with Crippen LogP contribution in [-0.4, -0.2) is 28.6 Å². The van der Waals surface area contributed by atoms with Gasteiger partial charge in [-0.05, 0) is 17.7 Å². The third kappa shape index (κ3) is 2.30. The van der Waals surface area contributed by atoms with Gasteiger partial charge in [0.05, 0.1) is 18.5 Å². The van der Waals surface area contributed by atoms with Crippen molar-refractivity contribution in [2.24, 2.45) is 5.73 Å². The molecule has 0 aliphatic carbocycles. The quantitative estimate of drug-likeness (QED) is 0.513. The maximum atomic E-state index is 11.2. The number of primary amides is 1. The largest absolute Gasteiger partial charge is 0.469 e. The number of carbonyl (C=O) groups is 2. The number of nitro groups is 1. The highest BCUT2D eigenvalue weighted by Gasteiger charge is 2.20. The van der Waals surface area contributed by atoms with E-state index in [1.165, 1.54) is 25.4 Å². The van der Waals surface area contributed by atoms with Crippen LogP contribution in [0.5, 0.6) is 0 Å². The zero-order chi connectivity index (χ0) is 14.9. The summed E-state index contributed by atoms with van der Waals surface area (Å²) in [5.41, 5.74) is 5.41. The highest BCUT2D eigenvalue weighted by atomic mass is 16.6. The lowest BCUT2D eigenvalue weighted by Gasteiger charge is -2.04. The Morgan fingerprint density at radius 3 is 2.70 bits per heavy atom. The molecule has 8 nitrogen and oxygen atoms in total. The lowest BCUT2D eigenvalue weighted by Crippen LogP contribution is -2.18. The van der Waals surface area contributed by atoms with Crippen LogP contribution in [0.25, 0.3) is 10.9 Å². The normalized spacial score (nSPS) is 10.4. The Labute approximate surface area is 112 Å². The molecule has 8 heteroatoms. The molecule has 104 valence electrons. The number of non-ortho nitro benzene ring substituents is 1. The van der Waals surface area contributed by atoms with E-state index in [4.69, 9.17) is 5.73 Å². The van der Waals surface area contributed by atoms with Crippen molar-refractivity contribution < 1.29 is 19.2 Å². The Morgan fingerprint density at radius 2 is 2.15 bits per heavy atom. The van der Waals surface area contributed by atoms with E-state index in [1.54, 1.807) is 6.07 Å². The minimum absolute atomic E-state index is 0.0883. The zero-order valence-corrected chi connectivity index (χ0v) is 10.5. The molecule has 0 saturated heterocycles. The molecule has 0 atom stereocenters. The fraction of sp³-hybridized carbons (Fsp3) is 0.167. The smallest absolute Gasteiger partial charge is 0.323 e. The average Bonchev–Trinajstić information content (AvgIpc) is 2.81. The summed E-state index contributed by atoms with van der Waals surface area (Å²) in [7, 11) is 1.23. The number of nitrogens with two attached hydrogens (primary N) is 1. The molecule has 0 unspecified atom stereocenters. The maximum Gasteiger partial charge on any atom is 0.323 e. The SMILES string of the molecule is COC(=O)Cc1cc([N+](=O)[O-])c2c(ccn2C(N)=O)c1. The minimum atomic E-state index is -0.816. The standard InChI is InChI=1S/C12H11N3O5/c1-20-10(16)6-7-4-8-2-3-14(12(13)17)11(8)9(5-7)15(18)19/h2-5H,6H2,1H3,(H2,13,17). The van der Waals surface area contributed by atoms with Gasteiger partial charge < -0.3 is 10.5 Å². The van der Waals surface area contributed by atoms with E-state index in [9.17, 15) is 19.7 Å². The number of amides is 1. The second-order valence-electron chi connectivity index (χ2n) is 4.09. The Hall–Kier alpha value is -2.90. The molecule has 2 rings (SSSR count). The Morgan fingerprint density at radius 1 is 1.45 bits per heavy atom. The van der Waals surface area contributed by atoms with Crippen LogP contribution in [0.3, 0.4) is 0 Å². The lowest BCUT2D eigenvalue weighted by molar-refractivity contribution is -0.383. The van der Waals surface area contributed by atoms with Crippen LogP contribution >= 0.6 is 0 Å². The highest BCUT2D eigenvalue weighted by Crippen LogP contribution is 2.28. The maximum absolute atomic E-state index is 11.2. The molecule has 0 aliphatic heterocycles. The summed E-state index contributed by atoms with van der Waals surface area (Å²) in [4.78, 5) is 33.0. The molecular weight excluding hydrogens is 266 g/mol. The number of methoxy groups -OCH3 is 1. The van der Waals surface area contributed by atoms with E-state index >= 15 is 0 Å². The van der Waals surface area contributed by atoms with Crippen molar-refractivity contribution in [3.8, 4) is 0 Å². The molecule has 2 aromatic rings. The van der Waals surface area contributed by atoms with Crippen LogP contribution in [0.2, 0.25) is 0 Å². The predicted octanol–water partition coefficient (Wildman–Crippen LogP) is 1.19. The van der Waals surface area contributed by atoms with Crippen LogP contribution < -0.4 is 5.73 Å². The van der Waals surface area contributed by atoms with Crippen molar-refractivity contribution in [1.82, 2.24) is 4.57 Å². The molecule has 0 bridgehead atoms. The summed E-state index contributed by atoms with van der Waals surface area (Å²) < 4.78 is 5.52. The van der Waals surface area contributed by atoms with Gasteiger partial charge in [0.25, 0.3) is 5.69 Å². The zero-order valence-electron chi connectivity index (χ0n) is 10.5. The Bertz CT molecular complexity index is 719. The van der Waals surface area contributed by atoms with Crippen molar-refractivity contribution >= 4 is 28.6 Å². The molecule has 2 N–H and O–H groups in total. The van der Waals surface area contributed by atoms with Gasteiger partial charge in [-0.3, -0.25) is 19.5 Å². The number of benzene rings is 1. The average molecular weight is 277 g/mol. The van der Waals surface area contributed by atoms with Crippen LogP contribution in [0.4, 0.5) is 10.5 Å². The Kier molecular flexibility index (Phi) is 3.38. The first-order valence-electron chi connectivity index (χ1n) is 5.59. The van der Waals surface area contributed by atoms with Crippen LogP contribution in [0.1, 0.15) is 5.56 Å². The summed E-state index contributed by atoms with van der Waals surface area (Å²) in [6, 6.07) is 3.52. The Balaban J connectivity index is 2.65. The van der Waals surface area contributed by atoms with Crippen molar-refractivity contribution in [3.05, 3.63) is 40.1 Å². The van der Waals surface area contributed by atoms with Crippen molar-refractivity contribution in [2.45, 2.75) is 6.42 Å². The summed E-state index contributed by atoms with van der Waals surface area (Å²) in [5.74, 6) is -0.506. The molecule has 20 heavy (non-hydrogen) atoms. The number of ether oxygens (including phenoxy) is 1. The summed E-state index contributed by atoms with van der Waals surface area (Å²) in [6.07, 6.45) is 1.26. The van der Waals surface area contributed by atoms with E-state index in [0.29, 0.717) is 10.9 Å². The fourth-order valence-electron chi connectivity index (χ4n) is 1.98. The second-order valence-corrected chi connectivity index (χ2v) is 4.09. The van der Waals surface area contributed by atoms with E-state index in [2.05, 4.69) is 4.74 Å². The first kappa shape index (κ1) is 13.5. The highest BCUT2D eigenvalue weighted by molar-refractivity contribution is 5.97. The van der Waals surface area contributed by atoms with Gasteiger partial charge in [0.1, 0.15) is 5.52 Å². The first-order chi connectivity index (χ1) is 9.43. The monoisotopic (exact) mass is 277 g/mol. The van der Waals surface area contributed by atoms with Gasteiger partial charge >= 0.3 is 12.0 Å². The molecule has 0 fully saturated rings. The van der Waals surface area contributed by atoms with E-state index in [1.807, 2.05) is 0 Å². The minimum Gasteiger partial charge on any atom is -0.469 e. The lowest BCUT2D eigenvalue weighted by atomic mass is 10.1. The molecule has 1 aromatic carbocycles. The summed E-state index contributed by atoms with van der Waals surface area (Å²) in [5, 5.41) is 11.6. The van der Waals surface area contributed by atoms with E-state index in [-0.39, 0.29) is 17.6 Å². The van der Waals surface area contributed by atoms with Gasteiger partial charge in [0.15, 0.2) is 0 Å². The third-order valence-corrected chi connectivity index (χ3v) is 2.83. The number of aromatic nitrogens is 1. The van der Waals surface area contributed by atoms with Gasteiger partial charge in [-0.2, -0.15) is 0 Å². The number of hydrogen-bond acceptors (Lipinski definition) is 5. The molecule has 0 saturated carbocycles. The van der Waals surface area contributed by atoms with Crippen LogP contribution in [0, 0.1) is 10.1 Å². The number of carbonyl (C=O) groups excluding carboxylic acids is 2. The summed E-state index contributed by atoms with van der Waals surface area (Å²) >= 11 is 0. The molecule has 0 aliphatic rings. The van der Waals surface area contributed by atoms with Gasteiger partial charge in [0, 0.05) is 17.6 Å².